The van der Waals surface area contributed by atoms with Crippen LogP contribution < -0.4 is 11.1 Å². The first-order valence-corrected chi connectivity index (χ1v) is 6.51. The Hall–Kier alpha value is -1.22. The van der Waals surface area contributed by atoms with Crippen molar-refractivity contribution in [1.82, 2.24) is 4.90 Å². The summed E-state index contributed by atoms with van der Waals surface area (Å²) in [6.45, 7) is 8.96. The molecule has 1 heterocycles. The smallest absolute Gasteiger partial charge is 0.0574 e. The van der Waals surface area contributed by atoms with E-state index in [1.807, 2.05) is 6.07 Å². The highest BCUT2D eigenvalue weighted by molar-refractivity contribution is 5.66. The maximum Gasteiger partial charge on any atom is 0.0574 e. The van der Waals surface area contributed by atoms with Crippen LogP contribution in [0.2, 0.25) is 0 Å². The minimum Gasteiger partial charge on any atom is -0.397 e. The summed E-state index contributed by atoms with van der Waals surface area (Å²) in [5.74, 6) is 0.760. The van der Waals surface area contributed by atoms with Crippen molar-refractivity contribution in [3.8, 4) is 0 Å². The number of nitrogens with one attached hydrogen (secondary N) is 1. The highest BCUT2D eigenvalue weighted by Crippen LogP contribution is 2.21. The molecule has 1 atom stereocenters. The van der Waals surface area contributed by atoms with Gasteiger partial charge in [0.2, 0.25) is 0 Å². The van der Waals surface area contributed by atoms with Gasteiger partial charge in [-0.2, -0.15) is 0 Å². The summed E-state index contributed by atoms with van der Waals surface area (Å²) in [5.41, 5.74) is 9.13. The van der Waals surface area contributed by atoms with E-state index in [4.69, 9.17) is 5.73 Å². The minimum atomic E-state index is 0.760. The topological polar surface area (TPSA) is 41.3 Å². The molecule has 0 radical (unpaired) electrons. The zero-order valence-corrected chi connectivity index (χ0v) is 10.9. The van der Waals surface area contributed by atoms with Crippen molar-refractivity contribution in [1.29, 1.82) is 0 Å². The number of anilines is 2. The molecule has 0 aliphatic carbocycles. The second-order valence-corrected chi connectivity index (χ2v) is 5.02. The molecule has 1 aromatic rings. The lowest BCUT2D eigenvalue weighted by molar-refractivity contribution is 0.345. The van der Waals surface area contributed by atoms with Crippen molar-refractivity contribution in [2.45, 2.75) is 20.3 Å². The zero-order chi connectivity index (χ0) is 12.3. The van der Waals surface area contributed by atoms with Gasteiger partial charge < -0.3 is 16.0 Å². The molecule has 94 valence electrons. The van der Waals surface area contributed by atoms with Crippen molar-refractivity contribution < 1.29 is 0 Å². The van der Waals surface area contributed by atoms with Crippen LogP contribution in [0, 0.1) is 12.8 Å². The van der Waals surface area contributed by atoms with Crippen molar-refractivity contribution in [3.63, 3.8) is 0 Å². The second kappa shape index (κ2) is 5.41. The Balaban J connectivity index is 1.86. The molecule has 3 N–H and O–H groups in total. The fourth-order valence-electron chi connectivity index (χ4n) is 2.46. The summed E-state index contributed by atoms with van der Waals surface area (Å²) >= 11 is 0. The van der Waals surface area contributed by atoms with Gasteiger partial charge in [-0.25, -0.2) is 0 Å². The van der Waals surface area contributed by atoms with Crippen molar-refractivity contribution in [2.24, 2.45) is 5.92 Å². The average molecular weight is 233 g/mol. The zero-order valence-electron chi connectivity index (χ0n) is 10.9. The summed E-state index contributed by atoms with van der Waals surface area (Å²) in [6.07, 6.45) is 1.30. The lowest BCUT2D eigenvalue weighted by Gasteiger charge is -2.15. The summed E-state index contributed by atoms with van der Waals surface area (Å²) in [6, 6.07) is 6.21. The highest BCUT2D eigenvalue weighted by Gasteiger charge is 2.20. The average Bonchev–Trinajstić information content (AvgIpc) is 2.76. The highest BCUT2D eigenvalue weighted by atomic mass is 15.1. The van der Waals surface area contributed by atoms with Crippen molar-refractivity contribution >= 4 is 11.4 Å². The fourth-order valence-corrected chi connectivity index (χ4v) is 2.46. The summed E-state index contributed by atoms with van der Waals surface area (Å²) < 4.78 is 0. The molecular formula is C14H23N3. The van der Waals surface area contributed by atoms with Gasteiger partial charge in [0.1, 0.15) is 0 Å². The van der Waals surface area contributed by atoms with Crippen LogP contribution in [0.5, 0.6) is 0 Å². The maximum atomic E-state index is 5.99. The second-order valence-electron chi connectivity index (χ2n) is 5.02. The van der Waals surface area contributed by atoms with E-state index in [0.29, 0.717) is 0 Å². The van der Waals surface area contributed by atoms with Gasteiger partial charge in [-0.1, -0.05) is 13.0 Å². The maximum absolute atomic E-state index is 5.99. The monoisotopic (exact) mass is 233 g/mol. The quantitative estimate of drug-likeness (QED) is 0.784. The van der Waals surface area contributed by atoms with Gasteiger partial charge in [-0.3, -0.25) is 0 Å². The molecule has 2 rings (SSSR count). The van der Waals surface area contributed by atoms with Crippen LogP contribution >= 0.6 is 0 Å². The van der Waals surface area contributed by atoms with E-state index >= 15 is 0 Å². The van der Waals surface area contributed by atoms with Crippen LogP contribution in [0.25, 0.3) is 0 Å². The molecule has 1 aliphatic rings. The van der Waals surface area contributed by atoms with Crippen LogP contribution in [-0.4, -0.2) is 31.1 Å². The van der Waals surface area contributed by atoms with Gasteiger partial charge in [0.05, 0.1) is 11.4 Å². The largest absolute Gasteiger partial charge is 0.397 e. The molecular weight excluding hydrogens is 210 g/mol. The van der Waals surface area contributed by atoms with Crippen LogP contribution in [0.3, 0.4) is 0 Å². The number of hydrogen-bond acceptors (Lipinski definition) is 3. The third-order valence-corrected chi connectivity index (χ3v) is 3.61. The van der Waals surface area contributed by atoms with Crippen LogP contribution in [0.4, 0.5) is 11.4 Å². The van der Waals surface area contributed by atoms with E-state index < -0.39 is 0 Å². The standard InChI is InChI=1S/C14H23N3/c1-3-17-7-6-12(10-17)9-16-14-5-4-11(2)8-13(14)15/h4-5,8,12,16H,3,6-7,9-10,15H2,1-2H3. The van der Waals surface area contributed by atoms with Crippen molar-refractivity contribution in [2.75, 3.05) is 37.2 Å². The summed E-state index contributed by atoms with van der Waals surface area (Å²) in [7, 11) is 0. The number of nitrogens with two attached hydrogens (primary N) is 1. The summed E-state index contributed by atoms with van der Waals surface area (Å²) in [5, 5.41) is 3.48. The minimum absolute atomic E-state index is 0.760. The van der Waals surface area contributed by atoms with Gasteiger partial charge in [-0.05, 0) is 50.0 Å². The third-order valence-electron chi connectivity index (χ3n) is 3.61. The molecule has 0 aromatic heterocycles. The molecule has 0 saturated carbocycles. The Morgan fingerprint density at radius 3 is 2.94 bits per heavy atom. The molecule has 0 bridgehead atoms. The van der Waals surface area contributed by atoms with E-state index in [1.165, 1.54) is 31.6 Å². The summed E-state index contributed by atoms with van der Waals surface area (Å²) in [4.78, 5) is 2.50. The number of likely N-dealkylation sites (tertiary alicyclic amines) is 1. The van der Waals surface area contributed by atoms with Gasteiger partial charge in [0.15, 0.2) is 0 Å². The Morgan fingerprint density at radius 1 is 1.47 bits per heavy atom. The number of hydrogen-bond donors (Lipinski definition) is 2. The molecule has 0 amide bonds. The van der Waals surface area contributed by atoms with E-state index in [2.05, 4.69) is 36.2 Å². The molecule has 1 saturated heterocycles. The van der Waals surface area contributed by atoms with Crippen LogP contribution in [0.1, 0.15) is 18.9 Å². The van der Waals surface area contributed by atoms with E-state index in [9.17, 15) is 0 Å². The number of benzene rings is 1. The first kappa shape index (κ1) is 12.2. The number of aryl methyl sites for hydroxylation is 1. The lowest BCUT2D eigenvalue weighted by atomic mass is 10.1. The van der Waals surface area contributed by atoms with Crippen LogP contribution in [0.15, 0.2) is 18.2 Å². The first-order valence-electron chi connectivity index (χ1n) is 6.51. The lowest BCUT2D eigenvalue weighted by Crippen LogP contribution is -2.22. The van der Waals surface area contributed by atoms with Crippen LogP contribution in [-0.2, 0) is 0 Å². The normalized spacial score (nSPS) is 20.7. The van der Waals surface area contributed by atoms with E-state index in [1.54, 1.807) is 0 Å². The molecule has 0 spiro atoms. The number of nitrogen functional groups attached to an aromatic ring is 1. The Morgan fingerprint density at radius 2 is 2.29 bits per heavy atom. The van der Waals surface area contributed by atoms with Gasteiger partial charge in [0, 0.05) is 13.1 Å². The Bertz CT molecular complexity index is 376. The first-order chi connectivity index (χ1) is 8.19. The van der Waals surface area contributed by atoms with Crippen molar-refractivity contribution in [3.05, 3.63) is 23.8 Å². The number of nitrogens with zero attached hydrogens (tertiary/aromatic N) is 1. The Labute approximate surface area is 104 Å². The number of rotatable bonds is 4. The van der Waals surface area contributed by atoms with Gasteiger partial charge >= 0.3 is 0 Å². The molecule has 3 heteroatoms. The predicted molar refractivity (Wildman–Crippen MR) is 74.3 cm³/mol. The predicted octanol–water partition coefficient (Wildman–Crippen LogP) is 2.33. The molecule has 1 fully saturated rings. The molecule has 1 aromatic carbocycles. The fraction of sp³-hybridized carbons (Fsp3) is 0.571. The van der Waals surface area contributed by atoms with Gasteiger partial charge in [-0.15, -0.1) is 0 Å². The molecule has 3 nitrogen and oxygen atoms in total. The third kappa shape index (κ3) is 3.13. The van der Waals surface area contributed by atoms with E-state index in [-0.39, 0.29) is 0 Å². The Kier molecular flexibility index (Phi) is 3.89. The van der Waals surface area contributed by atoms with Gasteiger partial charge in [0.25, 0.3) is 0 Å². The molecule has 17 heavy (non-hydrogen) atoms. The molecule has 1 aliphatic heterocycles. The molecule has 1 unspecified atom stereocenters. The van der Waals surface area contributed by atoms with E-state index in [0.717, 1.165) is 23.8 Å². The SMILES string of the molecule is CCN1CCC(CNc2ccc(C)cc2N)C1.